The van der Waals surface area contributed by atoms with Gasteiger partial charge in [-0.2, -0.15) is 8.78 Å². The molecule has 0 aliphatic carbocycles. The molecule has 0 spiro atoms. The topological polar surface area (TPSA) is 58.5 Å². The molecule has 0 amide bonds. The highest BCUT2D eigenvalue weighted by atomic mass is 32.1. The van der Waals surface area contributed by atoms with Crippen molar-refractivity contribution in [2.75, 3.05) is 13.6 Å². The number of hydrogen-bond donors (Lipinski definition) is 2. The van der Waals surface area contributed by atoms with Gasteiger partial charge in [0.2, 0.25) is 0 Å². The summed E-state index contributed by atoms with van der Waals surface area (Å²) in [6, 6.07) is 6.58. The van der Waals surface area contributed by atoms with E-state index in [0.717, 1.165) is 17.0 Å². The number of nitrogens with zero attached hydrogens (tertiary/aromatic N) is 2. The zero-order chi connectivity index (χ0) is 17.4. The van der Waals surface area contributed by atoms with Crippen molar-refractivity contribution in [3.05, 3.63) is 45.9 Å². The van der Waals surface area contributed by atoms with Gasteiger partial charge in [0.1, 0.15) is 5.75 Å². The van der Waals surface area contributed by atoms with Crippen molar-refractivity contribution in [3.8, 4) is 5.75 Å². The van der Waals surface area contributed by atoms with Crippen molar-refractivity contribution < 1.29 is 13.5 Å². The molecule has 0 fully saturated rings. The second kappa shape index (κ2) is 9.17. The molecule has 0 atom stereocenters. The average molecular weight is 354 g/mol. The zero-order valence-corrected chi connectivity index (χ0v) is 14.4. The molecule has 8 heteroatoms. The molecule has 2 N–H and O–H groups in total. The fourth-order valence-electron chi connectivity index (χ4n) is 2.04. The van der Waals surface area contributed by atoms with Crippen LogP contribution in [0, 0.1) is 6.92 Å². The van der Waals surface area contributed by atoms with E-state index in [-0.39, 0.29) is 5.75 Å². The number of aromatic nitrogens is 1. The van der Waals surface area contributed by atoms with E-state index in [1.165, 1.54) is 10.9 Å². The first-order chi connectivity index (χ1) is 11.6. The maximum Gasteiger partial charge on any atom is 0.387 e. The highest BCUT2D eigenvalue weighted by Crippen LogP contribution is 2.15. The molecule has 2 rings (SSSR count). The molecule has 0 saturated heterocycles. The van der Waals surface area contributed by atoms with E-state index in [4.69, 9.17) is 0 Å². The lowest BCUT2D eigenvalue weighted by molar-refractivity contribution is -0.0498. The van der Waals surface area contributed by atoms with Gasteiger partial charge in [0.15, 0.2) is 5.96 Å². The lowest BCUT2D eigenvalue weighted by atomic mass is 10.2. The first kappa shape index (κ1) is 18.1. The third-order valence-electron chi connectivity index (χ3n) is 3.11. The SMILES string of the molecule is CN=C(NCCc1ncc(C)s1)NCc1cccc(OC(F)F)c1. The monoisotopic (exact) mass is 354 g/mol. The molecule has 0 unspecified atom stereocenters. The Morgan fingerprint density at radius 3 is 2.88 bits per heavy atom. The lowest BCUT2D eigenvalue weighted by Gasteiger charge is -2.12. The summed E-state index contributed by atoms with van der Waals surface area (Å²) in [5, 5.41) is 7.41. The summed E-state index contributed by atoms with van der Waals surface area (Å²) >= 11 is 1.68. The van der Waals surface area contributed by atoms with Crippen molar-refractivity contribution in [1.29, 1.82) is 0 Å². The van der Waals surface area contributed by atoms with Crippen LogP contribution in [0.15, 0.2) is 35.5 Å². The van der Waals surface area contributed by atoms with Gasteiger partial charge in [0.05, 0.1) is 5.01 Å². The number of nitrogens with one attached hydrogen (secondary N) is 2. The van der Waals surface area contributed by atoms with Crippen LogP contribution in [0.3, 0.4) is 0 Å². The summed E-state index contributed by atoms with van der Waals surface area (Å²) in [4.78, 5) is 9.64. The van der Waals surface area contributed by atoms with Gasteiger partial charge in [-0.1, -0.05) is 12.1 Å². The summed E-state index contributed by atoms with van der Waals surface area (Å²) in [5.41, 5.74) is 0.826. The smallest absolute Gasteiger partial charge is 0.387 e. The van der Waals surface area contributed by atoms with E-state index >= 15 is 0 Å². The van der Waals surface area contributed by atoms with Crippen LogP contribution in [-0.4, -0.2) is 31.1 Å². The second-order valence-electron chi connectivity index (χ2n) is 4.99. The molecule has 0 radical (unpaired) electrons. The fraction of sp³-hybridized carbons (Fsp3) is 0.375. The molecule has 1 aromatic heterocycles. The Morgan fingerprint density at radius 2 is 2.21 bits per heavy atom. The third kappa shape index (κ3) is 6.11. The molecule has 130 valence electrons. The number of halogens is 2. The number of thiazole rings is 1. The van der Waals surface area contributed by atoms with Crippen molar-refractivity contribution in [2.24, 2.45) is 4.99 Å². The van der Waals surface area contributed by atoms with Crippen molar-refractivity contribution in [2.45, 2.75) is 26.5 Å². The molecule has 5 nitrogen and oxygen atoms in total. The summed E-state index contributed by atoms with van der Waals surface area (Å²) in [6.45, 7) is 0.371. The molecular weight excluding hydrogens is 334 g/mol. The fourth-order valence-corrected chi connectivity index (χ4v) is 2.83. The molecule has 24 heavy (non-hydrogen) atoms. The van der Waals surface area contributed by atoms with Gasteiger partial charge in [-0.05, 0) is 24.6 Å². The first-order valence-electron chi connectivity index (χ1n) is 7.46. The molecule has 1 aromatic carbocycles. The number of benzene rings is 1. The van der Waals surface area contributed by atoms with Gasteiger partial charge >= 0.3 is 6.61 Å². The number of guanidine groups is 1. The van der Waals surface area contributed by atoms with Crippen molar-refractivity contribution in [3.63, 3.8) is 0 Å². The van der Waals surface area contributed by atoms with E-state index in [0.29, 0.717) is 19.0 Å². The minimum absolute atomic E-state index is 0.145. The van der Waals surface area contributed by atoms with E-state index in [9.17, 15) is 8.78 Å². The van der Waals surface area contributed by atoms with Gasteiger partial charge in [0.25, 0.3) is 0 Å². The molecule has 0 bridgehead atoms. The summed E-state index contributed by atoms with van der Waals surface area (Å²) in [7, 11) is 1.68. The first-order valence-corrected chi connectivity index (χ1v) is 8.28. The second-order valence-corrected chi connectivity index (χ2v) is 6.31. The predicted molar refractivity (Wildman–Crippen MR) is 91.8 cm³/mol. The molecule has 2 aromatic rings. The Morgan fingerprint density at radius 1 is 1.38 bits per heavy atom. The van der Waals surface area contributed by atoms with Gasteiger partial charge in [-0.3, -0.25) is 4.99 Å². The van der Waals surface area contributed by atoms with Crippen LogP contribution < -0.4 is 15.4 Å². The van der Waals surface area contributed by atoms with Gasteiger partial charge in [-0.15, -0.1) is 11.3 Å². The lowest BCUT2D eigenvalue weighted by Crippen LogP contribution is -2.37. The Labute approximate surface area is 143 Å². The maximum absolute atomic E-state index is 12.2. The van der Waals surface area contributed by atoms with Crippen LogP contribution >= 0.6 is 11.3 Å². The van der Waals surface area contributed by atoms with Crippen molar-refractivity contribution in [1.82, 2.24) is 15.6 Å². The largest absolute Gasteiger partial charge is 0.435 e. The summed E-state index contributed by atoms with van der Waals surface area (Å²) in [5.74, 6) is 0.787. The third-order valence-corrected chi connectivity index (χ3v) is 4.08. The van der Waals surface area contributed by atoms with E-state index < -0.39 is 6.61 Å². The number of aryl methyl sites for hydroxylation is 1. The summed E-state index contributed by atoms with van der Waals surface area (Å²) < 4.78 is 28.9. The van der Waals surface area contributed by atoms with Crippen molar-refractivity contribution >= 4 is 17.3 Å². The molecule has 1 heterocycles. The number of ether oxygens (including phenoxy) is 1. The van der Waals surface area contributed by atoms with Crippen LogP contribution in [0.5, 0.6) is 5.75 Å². The minimum Gasteiger partial charge on any atom is -0.435 e. The Kier molecular flexibility index (Phi) is 6.92. The number of rotatable bonds is 7. The molecule has 0 aliphatic rings. The van der Waals surface area contributed by atoms with Crippen LogP contribution in [0.25, 0.3) is 0 Å². The van der Waals surface area contributed by atoms with Crippen LogP contribution in [0.1, 0.15) is 15.4 Å². The maximum atomic E-state index is 12.2. The Balaban J connectivity index is 1.78. The van der Waals surface area contributed by atoms with Crippen LogP contribution in [0.4, 0.5) is 8.78 Å². The Hall–Kier alpha value is -2.22. The number of aliphatic imine (C=N–C) groups is 1. The van der Waals surface area contributed by atoms with E-state index in [1.807, 2.05) is 19.2 Å². The highest BCUT2D eigenvalue weighted by molar-refractivity contribution is 7.11. The van der Waals surface area contributed by atoms with Gasteiger partial charge in [0, 0.05) is 37.6 Å². The van der Waals surface area contributed by atoms with E-state index in [1.54, 1.807) is 30.5 Å². The zero-order valence-electron chi connectivity index (χ0n) is 13.6. The van der Waals surface area contributed by atoms with Crippen LogP contribution in [0.2, 0.25) is 0 Å². The van der Waals surface area contributed by atoms with Gasteiger partial charge < -0.3 is 15.4 Å². The minimum atomic E-state index is -2.82. The normalized spacial score (nSPS) is 11.6. The molecule has 0 saturated carbocycles. The quantitative estimate of drug-likeness (QED) is 0.593. The van der Waals surface area contributed by atoms with E-state index in [2.05, 4.69) is 25.3 Å². The van der Waals surface area contributed by atoms with Gasteiger partial charge in [-0.25, -0.2) is 4.98 Å². The summed E-state index contributed by atoms with van der Waals surface area (Å²) in [6.07, 6.45) is 2.68. The number of alkyl halides is 2. The number of hydrogen-bond acceptors (Lipinski definition) is 4. The standard InChI is InChI=1S/C16H20F2N4OS/c1-11-9-21-14(24-11)6-7-20-16(19-2)22-10-12-4-3-5-13(8-12)23-15(17)18/h3-5,8-9,15H,6-7,10H2,1-2H3,(H2,19,20,22). The highest BCUT2D eigenvalue weighted by Gasteiger charge is 2.05. The average Bonchev–Trinajstić information content (AvgIpc) is 2.96. The molecule has 0 aliphatic heterocycles. The Bertz CT molecular complexity index is 676. The van der Waals surface area contributed by atoms with Crippen LogP contribution in [-0.2, 0) is 13.0 Å². The predicted octanol–water partition coefficient (Wildman–Crippen LogP) is 2.96. The molecular formula is C16H20F2N4OS.